The summed E-state index contributed by atoms with van der Waals surface area (Å²) in [7, 11) is 0. The van der Waals surface area contributed by atoms with Crippen LogP contribution >= 0.6 is 11.5 Å². The second-order valence-electron chi connectivity index (χ2n) is 6.16. The van der Waals surface area contributed by atoms with Gasteiger partial charge in [-0.15, -0.1) is 0 Å². The van der Waals surface area contributed by atoms with E-state index in [1.54, 1.807) is 4.90 Å². The van der Waals surface area contributed by atoms with Crippen LogP contribution in [0, 0.1) is 12.7 Å². The third kappa shape index (κ3) is 2.86. The maximum atomic E-state index is 13.1. The molecule has 132 valence electrons. The number of rotatable bonds is 2. The fourth-order valence-corrected chi connectivity index (χ4v) is 3.91. The summed E-state index contributed by atoms with van der Waals surface area (Å²) in [5.74, 6) is 0.229. The Kier molecular flexibility index (Phi) is 4.20. The molecule has 0 bridgehead atoms. The Bertz CT molecular complexity index is 972. The molecule has 2 aromatic heterocycles. The molecule has 1 amide bonds. The minimum atomic E-state index is -0.358. The second kappa shape index (κ2) is 6.53. The molecule has 1 atom stereocenters. The van der Waals surface area contributed by atoms with E-state index in [1.807, 2.05) is 13.8 Å². The number of hydrogen-bond donors (Lipinski definition) is 0. The average molecular weight is 369 g/mol. The van der Waals surface area contributed by atoms with Crippen molar-refractivity contribution in [3.05, 3.63) is 59.1 Å². The zero-order chi connectivity index (χ0) is 18.3. The van der Waals surface area contributed by atoms with Gasteiger partial charge in [0.1, 0.15) is 23.7 Å². The molecule has 0 aliphatic carbocycles. The van der Waals surface area contributed by atoms with E-state index >= 15 is 0 Å². The average Bonchev–Trinajstić information content (AvgIpc) is 3.08. The highest BCUT2D eigenvalue weighted by Crippen LogP contribution is 2.34. The van der Waals surface area contributed by atoms with E-state index in [1.165, 1.54) is 42.1 Å². The lowest BCUT2D eigenvalue weighted by Gasteiger charge is -2.34. The molecular formula is C18H16FN5OS. The lowest BCUT2D eigenvalue weighted by molar-refractivity contribution is 0.0673. The van der Waals surface area contributed by atoms with Gasteiger partial charge in [-0.3, -0.25) is 4.79 Å². The van der Waals surface area contributed by atoms with Crippen LogP contribution in [-0.2, 0) is 6.42 Å². The number of carbonyl (C=O) groups excluding carboxylic acids is 1. The van der Waals surface area contributed by atoms with Gasteiger partial charge in [-0.2, -0.15) is 4.37 Å². The Morgan fingerprint density at radius 1 is 1.27 bits per heavy atom. The zero-order valence-electron chi connectivity index (χ0n) is 14.3. The third-order valence-electron chi connectivity index (χ3n) is 4.53. The minimum Gasteiger partial charge on any atom is -0.330 e. The molecule has 0 fully saturated rings. The lowest BCUT2D eigenvalue weighted by atomic mass is 9.96. The molecule has 8 heteroatoms. The highest BCUT2D eigenvalue weighted by Gasteiger charge is 2.32. The molecule has 6 nitrogen and oxygen atoms in total. The van der Waals surface area contributed by atoms with E-state index in [2.05, 4.69) is 19.3 Å². The molecule has 0 spiro atoms. The number of amides is 1. The Hall–Kier alpha value is -2.74. The quantitative estimate of drug-likeness (QED) is 0.694. The molecule has 3 aromatic rings. The van der Waals surface area contributed by atoms with E-state index in [9.17, 15) is 9.18 Å². The van der Waals surface area contributed by atoms with Crippen molar-refractivity contribution in [2.75, 3.05) is 6.54 Å². The van der Waals surface area contributed by atoms with Gasteiger partial charge in [-0.1, -0.05) is 0 Å². The first-order valence-electron chi connectivity index (χ1n) is 8.25. The topological polar surface area (TPSA) is 71.9 Å². The molecule has 0 radical (unpaired) electrons. The first kappa shape index (κ1) is 16.7. The number of benzene rings is 1. The largest absolute Gasteiger partial charge is 0.330 e. The van der Waals surface area contributed by atoms with E-state index in [-0.39, 0.29) is 17.8 Å². The van der Waals surface area contributed by atoms with Crippen LogP contribution in [-0.4, -0.2) is 36.7 Å². The zero-order valence-corrected chi connectivity index (χ0v) is 15.1. The van der Waals surface area contributed by atoms with Crippen LogP contribution in [0.25, 0.3) is 10.7 Å². The number of fused-ring (bicyclic) bond motifs is 1. The van der Waals surface area contributed by atoms with Gasteiger partial charge < -0.3 is 4.90 Å². The van der Waals surface area contributed by atoms with E-state index < -0.39 is 0 Å². The van der Waals surface area contributed by atoms with Crippen LogP contribution in [0.1, 0.15) is 40.4 Å². The molecule has 3 heterocycles. The van der Waals surface area contributed by atoms with Gasteiger partial charge in [0.2, 0.25) is 0 Å². The van der Waals surface area contributed by atoms with Gasteiger partial charge in [0.25, 0.3) is 5.91 Å². The molecule has 1 aromatic carbocycles. The summed E-state index contributed by atoms with van der Waals surface area (Å²) in [4.78, 5) is 27.8. The van der Waals surface area contributed by atoms with Crippen molar-refractivity contribution in [1.29, 1.82) is 0 Å². The van der Waals surface area contributed by atoms with E-state index in [0.29, 0.717) is 24.4 Å². The van der Waals surface area contributed by atoms with E-state index in [4.69, 9.17) is 0 Å². The maximum absolute atomic E-state index is 13.1. The summed E-state index contributed by atoms with van der Waals surface area (Å²) < 4.78 is 17.3. The molecule has 1 aliphatic heterocycles. The van der Waals surface area contributed by atoms with Crippen LogP contribution in [0.4, 0.5) is 4.39 Å². The van der Waals surface area contributed by atoms with Crippen molar-refractivity contribution >= 4 is 17.4 Å². The molecule has 4 rings (SSSR count). The number of aromatic nitrogens is 4. The first-order valence-corrected chi connectivity index (χ1v) is 9.03. The smallest absolute Gasteiger partial charge is 0.254 e. The Morgan fingerprint density at radius 3 is 2.73 bits per heavy atom. The van der Waals surface area contributed by atoms with Crippen molar-refractivity contribution in [2.45, 2.75) is 26.3 Å². The molecule has 0 N–H and O–H groups in total. The summed E-state index contributed by atoms with van der Waals surface area (Å²) in [5.41, 5.74) is 3.10. The standard InChI is InChI=1S/C18H16FN5OS/c1-10-15-14(16(21-9-20-15)17-22-11(2)23-26-17)7-8-24(10)18(25)12-3-5-13(19)6-4-12/h3-6,9-10H,7-8H2,1-2H3/t10-/m1/s1. The van der Waals surface area contributed by atoms with Crippen LogP contribution in [0.5, 0.6) is 0 Å². The van der Waals surface area contributed by atoms with Crippen LogP contribution in [0.2, 0.25) is 0 Å². The highest BCUT2D eigenvalue weighted by atomic mass is 32.1. The molecule has 0 saturated carbocycles. The van der Waals surface area contributed by atoms with Crippen LogP contribution in [0.15, 0.2) is 30.6 Å². The normalized spacial score (nSPS) is 16.4. The predicted molar refractivity (Wildman–Crippen MR) is 95.2 cm³/mol. The van der Waals surface area contributed by atoms with Gasteiger partial charge in [0.05, 0.1) is 11.7 Å². The van der Waals surface area contributed by atoms with Crippen molar-refractivity contribution in [3.63, 3.8) is 0 Å². The molecule has 0 saturated heterocycles. The second-order valence-corrected chi connectivity index (χ2v) is 6.92. The summed E-state index contributed by atoms with van der Waals surface area (Å²) in [6.07, 6.45) is 2.15. The third-order valence-corrected chi connectivity index (χ3v) is 5.34. The molecule has 1 aliphatic rings. The number of carbonyl (C=O) groups is 1. The van der Waals surface area contributed by atoms with Gasteiger partial charge >= 0.3 is 0 Å². The number of nitrogens with zero attached hydrogens (tertiary/aromatic N) is 5. The maximum Gasteiger partial charge on any atom is 0.254 e. The first-order chi connectivity index (χ1) is 12.5. The summed E-state index contributed by atoms with van der Waals surface area (Å²) >= 11 is 1.31. The summed E-state index contributed by atoms with van der Waals surface area (Å²) in [5, 5.41) is 0.770. The molecule has 26 heavy (non-hydrogen) atoms. The molecule has 0 unspecified atom stereocenters. The van der Waals surface area contributed by atoms with Crippen molar-refractivity contribution in [2.24, 2.45) is 0 Å². The summed E-state index contributed by atoms with van der Waals surface area (Å²) in [6.45, 7) is 4.34. The number of aryl methyl sites for hydroxylation is 1. The van der Waals surface area contributed by atoms with Gasteiger partial charge in [-0.25, -0.2) is 19.3 Å². The monoisotopic (exact) mass is 369 g/mol. The van der Waals surface area contributed by atoms with Gasteiger partial charge in [0, 0.05) is 17.7 Å². The van der Waals surface area contributed by atoms with Crippen molar-refractivity contribution in [3.8, 4) is 10.7 Å². The van der Waals surface area contributed by atoms with Crippen molar-refractivity contribution in [1.82, 2.24) is 24.2 Å². The fraction of sp³-hybridized carbons (Fsp3) is 0.278. The lowest BCUT2D eigenvalue weighted by Crippen LogP contribution is -2.39. The minimum absolute atomic E-state index is 0.130. The Morgan fingerprint density at radius 2 is 2.04 bits per heavy atom. The number of hydrogen-bond acceptors (Lipinski definition) is 6. The van der Waals surface area contributed by atoms with Gasteiger partial charge in [0.15, 0.2) is 5.01 Å². The predicted octanol–water partition coefficient (Wildman–Crippen LogP) is 3.20. The molecular weight excluding hydrogens is 353 g/mol. The fourth-order valence-electron chi connectivity index (χ4n) is 3.22. The Labute approximate surface area is 153 Å². The van der Waals surface area contributed by atoms with Crippen LogP contribution < -0.4 is 0 Å². The summed E-state index contributed by atoms with van der Waals surface area (Å²) in [6, 6.07) is 5.42. The van der Waals surface area contributed by atoms with Crippen molar-refractivity contribution < 1.29 is 9.18 Å². The Balaban J connectivity index is 1.68. The van der Waals surface area contributed by atoms with Gasteiger partial charge in [-0.05, 0) is 56.1 Å². The van der Waals surface area contributed by atoms with E-state index in [0.717, 1.165) is 22.0 Å². The number of halogens is 1. The van der Waals surface area contributed by atoms with Crippen LogP contribution in [0.3, 0.4) is 0 Å². The highest BCUT2D eigenvalue weighted by molar-refractivity contribution is 7.09. The SMILES string of the molecule is Cc1nsc(-c2ncnc3c2CCN(C(=O)c2ccc(F)cc2)[C@@H]3C)n1.